The number of aliphatic hydroxyl groups is 1. The molecule has 2 rings (SSSR count). The maximum absolute atomic E-state index is 12.6. The van der Waals surface area contributed by atoms with E-state index in [0.717, 1.165) is 0 Å². The third kappa shape index (κ3) is 3.66. The van der Waals surface area contributed by atoms with Crippen LogP contribution in [-0.4, -0.2) is 49.1 Å². The Morgan fingerprint density at radius 2 is 2.14 bits per heavy atom. The molecule has 1 amide bonds. The molecule has 0 saturated carbocycles. The number of aromatic nitrogens is 3. The number of hydrogen-bond acceptors (Lipinski definition) is 4. The highest BCUT2D eigenvalue weighted by molar-refractivity contribution is 5.94. The van der Waals surface area contributed by atoms with Crippen LogP contribution in [0.2, 0.25) is 0 Å². The lowest BCUT2D eigenvalue weighted by Crippen LogP contribution is -2.41. The average molecular weight is 288 g/mol. The Morgan fingerprint density at radius 3 is 2.71 bits per heavy atom. The zero-order valence-electron chi connectivity index (χ0n) is 12.5. The van der Waals surface area contributed by atoms with Crippen LogP contribution in [0.4, 0.5) is 0 Å². The third-order valence-electron chi connectivity index (χ3n) is 3.11. The van der Waals surface area contributed by atoms with E-state index in [4.69, 9.17) is 0 Å². The summed E-state index contributed by atoms with van der Waals surface area (Å²) >= 11 is 0. The Bertz CT molecular complexity index is 593. The van der Waals surface area contributed by atoms with Gasteiger partial charge in [-0.05, 0) is 32.9 Å². The second kappa shape index (κ2) is 6.49. The molecule has 0 aliphatic carbocycles. The Morgan fingerprint density at radius 1 is 1.38 bits per heavy atom. The van der Waals surface area contributed by atoms with E-state index in [-0.39, 0.29) is 11.9 Å². The minimum atomic E-state index is -0.564. The lowest BCUT2D eigenvalue weighted by atomic mass is 10.2. The molecule has 0 aliphatic rings. The topological polar surface area (TPSA) is 71.2 Å². The van der Waals surface area contributed by atoms with Crippen LogP contribution >= 0.6 is 0 Å². The van der Waals surface area contributed by atoms with E-state index in [2.05, 4.69) is 9.97 Å². The maximum Gasteiger partial charge on any atom is 0.254 e. The van der Waals surface area contributed by atoms with Crippen molar-refractivity contribution in [1.29, 1.82) is 0 Å². The van der Waals surface area contributed by atoms with E-state index in [1.54, 1.807) is 53.4 Å². The minimum Gasteiger partial charge on any atom is -0.392 e. The fourth-order valence-corrected chi connectivity index (χ4v) is 2.07. The van der Waals surface area contributed by atoms with Gasteiger partial charge in [0.05, 0.1) is 6.10 Å². The molecule has 0 radical (unpaired) electrons. The molecular weight excluding hydrogens is 268 g/mol. The van der Waals surface area contributed by atoms with Crippen molar-refractivity contribution in [2.24, 2.45) is 0 Å². The number of hydrogen-bond donors (Lipinski definition) is 1. The summed E-state index contributed by atoms with van der Waals surface area (Å²) in [6.45, 7) is 5.84. The summed E-state index contributed by atoms with van der Waals surface area (Å²) < 4.78 is 1.74. The van der Waals surface area contributed by atoms with Crippen molar-refractivity contribution in [3.05, 3.63) is 42.6 Å². The molecule has 21 heavy (non-hydrogen) atoms. The predicted molar refractivity (Wildman–Crippen MR) is 79.2 cm³/mol. The van der Waals surface area contributed by atoms with Gasteiger partial charge in [-0.2, -0.15) is 0 Å². The summed E-state index contributed by atoms with van der Waals surface area (Å²) in [4.78, 5) is 22.5. The molecule has 0 saturated heterocycles. The summed E-state index contributed by atoms with van der Waals surface area (Å²) in [7, 11) is 0. The smallest absolute Gasteiger partial charge is 0.254 e. The summed E-state index contributed by atoms with van der Waals surface area (Å²) in [5.74, 6) is 0.522. The van der Waals surface area contributed by atoms with Gasteiger partial charge in [0.2, 0.25) is 0 Å². The van der Waals surface area contributed by atoms with Crippen LogP contribution < -0.4 is 0 Å². The Hall–Kier alpha value is -2.21. The van der Waals surface area contributed by atoms with Crippen molar-refractivity contribution >= 4 is 5.91 Å². The second-order valence-electron chi connectivity index (χ2n) is 5.27. The summed E-state index contributed by atoms with van der Waals surface area (Å²) in [5, 5.41) is 9.55. The first kappa shape index (κ1) is 15.2. The molecule has 6 nitrogen and oxygen atoms in total. The van der Waals surface area contributed by atoms with Gasteiger partial charge in [0.25, 0.3) is 5.91 Å². The van der Waals surface area contributed by atoms with Gasteiger partial charge in [-0.15, -0.1) is 0 Å². The zero-order valence-corrected chi connectivity index (χ0v) is 12.5. The predicted octanol–water partition coefficient (Wildman–Crippen LogP) is 1.50. The van der Waals surface area contributed by atoms with Gasteiger partial charge >= 0.3 is 0 Å². The highest BCUT2D eigenvalue weighted by Gasteiger charge is 2.20. The summed E-state index contributed by atoms with van der Waals surface area (Å²) in [6, 6.07) is 3.42. The Balaban J connectivity index is 2.28. The van der Waals surface area contributed by atoms with Crippen molar-refractivity contribution in [3.8, 4) is 5.82 Å². The SMILES string of the molecule is CC(O)CN(C(=O)c1ccnc(-n2ccnc2)c1)C(C)C. The summed E-state index contributed by atoms with van der Waals surface area (Å²) in [5.41, 5.74) is 0.544. The normalized spacial score (nSPS) is 12.4. The third-order valence-corrected chi connectivity index (χ3v) is 3.11. The molecule has 0 aliphatic heterocycles. The average Bonchev–Trinajstić information content (AvgIpc) is 2.98. The molecule has 0 bridgehead atoms. The second-order valence-corrected chi connectivity index (χ2v) is 5.27. The first-order valence-corrected chi connectivity index (χ1v) is 6.92. The number of amides is 1. The lowest BCUT2D eigenvalue weighted by molar-refractivity contribution is 0.0578. The van der Waals surface area contributed by atoms with E-state index >= 15 is 0 Å². The first-order chi connectivity index (χ1) is 9.99. The van der Waals surface area contributed by atoms with E-state index in [1.165, 1.54) is 0 Å². The van der Waals surface area contributed by atoms with Crippen LogP contribution in [0.15, 0.2) is 37.1 Å². The molecule has 1 unspecified atom stereocenters. The number of carbonyl (C=O) groups is 1. The van der Waals surface area contributed by atoms with Crippen molar-refractivity contribution < 1.29 is 9.90 Å². The van der Waals surface area contributed by atoms with Crippen LogP contribution in [-0.2, 0) is 0 Å². The number of pyridine rings is 1. The molecule has 0 spiro atoms. The maximum atomic E-state index is 12.6. The van der Waals surface area contributed by atoms with Crippen molar-refractivity contribution in [2.45, 2.75) is 32.9 Å². The molecule has 112 valence electrons. The minimum absolute atomic E-state index is 0.0111. The van der Waals surface area contributed by atoms with E-state index in [1.807, 2.05) is 13.8 Å². The van der Waals surface area contributed by atoms with Gasteiger partial charge in [0.1, 0.15) is 12.1 Å². The largest absolute Gasteiger partial charge is 0.392 e. The van der Waals surface area contributed by atoms with Gasteiger partial charge in [0, 0.05) is 36.7 Å². The quantitative estimate of drug-likeness (QED) is 0.905. The molecule has 1 atom stereocenters. The number of carbonyl (C=O) groups excluding carboxylic acids is 1. The highest BCUT2D eigenvalue weighted by Crippen LogP contribution is 2.12. The standard InChI is InChI=1S/C15H20N4O2/c1-11(2)19(9-12(3)20)15(21)13-4-5-17-14(8-13)18-7-6-16-10-18/h4-8,10-12,20H,9H2,1-3H3. The number of nitrogens with zero attached hydrogens (tertiary/aromatic N) is 4. The van der Waals surface area contributed by atoms with Crippen molar-refractivity contribution in [3.63, 3.8) is 0 Å². The molecule has 0 aromatic carbocycles. The zero-order chi connectivity index (χ0) is 15.4. The van der Waals surface area contributed by atoms with E-state index in [0.29, 0.717) is 17.9 Å². The van der Waals surface area contributed by atoms with Crippen LogP contribution in [0.25, 0.3) is 5.82 Å². The highest BCUT2D eigenvalue weighted by atomic mass is 16.3. The van der Waals surface area contributed by atoms with Crippen LogP contribution in [0.3, 0.4) is 0 Å². The van der Waals surface area contributed by atoms with Crippen LogP contribution in [0.5, 0.6) is 0 Å². The van der Waals surface area contributed by atoms with Gasteiger partial charge in [-0.1, -0.05) is 0 Å². The van der Waals surface area contributed by atoms with Gasteiger partial charge < -0.3 is 10.0 Å². The molecule has 2 aromatic rings. The van der Waals surface area contributed by atoms with Crippen molar-refractivity contribution in [2.75, 3.05) is 6.54 Å². The molecule has 2 aromatic heterocycles. The molecular formula is C15H20N4O2. The summed E-state index contributed by atoms with van der Waals surface area (Å²) in [6.07, 6.45) is 6.10. The fourth-order valence-electron chi connectivity index (χ4n) is 2.07. The number of aliphatic hydroxyl groups excluding tert-OH is 1. The van der Waals surface area contributed by atoms with Crippen molar-refractivity contribution in [1.82, 2.24) is 19.4 Å². The Kier molecular flexibility index (Phi) is 4.70. The lowest BCUT2D eigenvalue weighted by Gasteiger charge is -2.28. The van der Waals surface area contributed by atoms with Gasteiger partial charge in [0.15, 0.2) is 0 Å². The van der Waals surface area contributed by atoms with Crippen LogP contribution in [0, 0.1) is 0 Å². The molecule has 6 heteroatoms. The van der Waals surface area contributed by atoms with Gasteiger partial charge in [-0.3, -0.25) is 9.36 Å². The molecule has 1 N–H and O–H groups in total. The number of imidazole rings is 1. The monoisotopic (exact) mass is 288 g/mol. The van der Waals surface area contributed by atoms with E-state index in [9.17, 15) is 9.90 Å². The Labute approximate surface area is 124 Å². The van der Waals surface area contributed by atoms with Gasteiger partial charge in [-0.25, -0.2) is 9.97 Å². The van der Waals surface area contributed by atoms with E-state index < -0.39 is 6.10 Å². The van der Waals surface area contributed by atoms with Crippen LogP contribution in [0.1, 0.15) is 31.1 Å². The number of rotatable bonds is 5. The fraction of sp³-hybridized carbons (Fsp3) is 0.400. The molecule has 0 fully saturated rings. The molecule has 2 heterocycles. The first-order valence-electron chi connectivity index (χ1n) is 6.92.